The number of fused-ring (bicyclic) bond motifs is 7. The molecule has 4 aromatic carbocycles. The third-order valence-electron chi connectivity index (χ3n) is 7.21. The minimum atomic E-state index is 0. The first-order valence-corrected chi connectivity index (χ1v) is 13.8. The van der Waals surface area contributed by atoms with Crippen molar-refractivity contribution in [3.05, 3.63) is 135 Å². The molecule has 0 unspecified atom stereocenters. The van der Waals surface area contributed by atoms with Crippen LogP contribution in [0, 0.1) is 19.2 Å². The van der Waals surface area contributed by atoms with Crippen molar-refractivity contribution in [1.29, 1.82) is 0 Å². The van der Waals surface area contributed by atoms with Crippen molar-refractivity contribution in [2.75, 3.05) is 0 Å². The van der Waals surface area contributed by atoms with E-state index in [0.717, 1.165) is 33.5 Å². The SMILES string of the molecule is [CH2-][n+]1cccc2c3ccc4sc5ccccc5c4c3n(-c3[c-]c(Oc4[c-]c(-c5ccccn5)ccc4)ccc3)c21.[Pd]. The molecule has 0 aliphatic carbocycles. The number of hydrogen-bond acceptors (Lipinski definition) is 3. The van der Waals surface area contributed by atoms with Crippen LogP contribution in [0.15, 0.2) is 116 Å². The van der Waals surface area contributed by atoms with E-state index in [1.165, 1.54) is 25.6 Å². The quantitative estimate of drug-likeness (QED) is 0.110. The van der Waals surface area contributed by atoms with Crippen molar-refractivity contribution in [3.8, 4) is 28.4 Å². The maximum atomic E-state index is 6.30. The van der Waals surface area contributed by atoms with Gasteiger partial charge in [0.25, 0.3) is 0 Å². The Balaban J connectivity index is 0.00000276. The Morgan fingerprint density at radius 3 is 2.41 bits per heavy atom. The van der Waals surface area contributed by atoms with Gasteiger partial charge in [0.15, 0.2) is 5.65 Å². The Morgan fingerprint density at radius 2 is 1.54 bits per heavy atom. The van der Waals surface area contributed by atoms with Gasteiger partial charge in [-0.05, 0) is 43.2 Å². The van der Waals surface area contributed by atoms with Gasteiger partial charge in [-0.3, -0.25) is 4.57 Å². The number of hydrogen-bond donors (Lipinski definition) is 0. The van der Waals surface area contributed by atoms with Crippen molar-refractivity contribution < 1.29 is 29.7 Å². The van der Waals surface area contributed by atoms with Crippen molar-refractivity contribution in [2.24, 2.45) is 0 Å². The van der Waals surface area contributed by atoms with Crippen LogP contribution in [0.5, 0.6) is 11.5 Å². The van der Waals surface area contributed by atoms with Gasteiger partial charge in [0.05, 0.1) is 0 Å². The van der Waals surface area contributed by atoms with Gasteiger partial charge in [0, 0.05) is 74.8 Å². The second-order valence-corrected chi connectivity index (χ2v) is 10.7. The average molecular weight is 638 g/mol. The van der Waals surface area contributed by atoms with Crippen molar-refractivity contribution in [1.82, 2.24) is 9.55 Å². The Labute approximate surface area is 254 Å². The summed E-state index contributed by atoms with van der Waals surface area (Å²) in [6, 6.07) is 41.8. The van der Waals surface area contributed by atoms with Crippen LogP contribution in [0.3, 0.4) is 0 Å². The summed E-state index contributed by atoms with van der Waals surface area (Å²) in [7, 11) is 4.33. The molecule has 0 fully saturated rings. The van der Waals surface area contributed by atoms with Gasteiger partial charge in [0.2, 0.25) is 0 Å². The third kappa shape index (κ3) is 4.20. The van der Waals surface area contributed by atoms with Crippen LogP contribution >= 0.6 is 11.3 Å². The Hall–Kier alpha value is -4.47. The van der Waals surface area contributed by atoms with E-state index in [4.69, 9.17) is 4.74 Å². The molecule has 0 N–H and O–H groups in total. The van der Waals surface area contributed by atoms with Gasteiger partial charge in [-0.15, -0.1) is 47.2 Å². The third-order valence-corrected chi connectivity index (χ3v) is 8.34. The van der Waals surface area contributed by atoms with Crippen molar-refractivity contribution in [3.63, 3.8) is 0 Å². The summed E-state index contributed by atoms with van der Waals surface area (Å²) in [5.74, 6) is 1.22. The van der Waals surface area contributed by atoms with Crippen LogP contribution in [0.25, 0.3) is 59.1 Å². The van der Waals surface area contributed by atoms with Crippen LogP contribution in [0.2, 0.25) is 0 Å². The summed E-state index contributed by atoms with van der Waals surface area (Å²) in [5, 5.41) is 4.81. The molecule has 41 heavy (non-hydrogen) atoms. The van der Waals surface area contributed by atoms with Crippen molar-refractivity contribution in [2.45, 2.75) is 0 Å². The van der Waals surface area contributed by atoms with Crippen molar-refractivity contribution >= 4 is 53.4 Å². The zero-order chi connectivity index (χ0) is 26.6. The molecule has 0 saturated carbocycles. The van der Waals surface area contributed by atoms with E-state index in [-0.39, 0.29) is 20.4 Å². The fourth-order valence-corrected chi connectivity index (χ4v) is 6.62. The predicted molar refractivity (Wildman–Crippen MR) is 162 cm³/mol. The molecule has 4 aromatic heterocycles. The summed E-state index contributed by atoms with van der Waals surface area (Å²) in [4.78, 5) is 4.45. The molecule has 8 rings (SSSR count). The van der Waals surface area contributed by atoms with Gasteiger partial charge >= 0.3 is 0 Å². The minimum Gasteiger partial charge on any atom is -0.503 e. The van der Waals surface area contributed by atoms with E-state index in [1.807, 2.05) is 76.7 Å². The van der Waals surface area contributed by atoms with Crippen LogP contribution in [0.4, 0.5) is 0 Å². The fraction of sp³-hybridized carbons (Fsp3) is 0. The smallest absolute Gasteiger partial charge is 0.190 e. The molecule has 0 aliphatic rings. The van der Waals surface area contributed by atoms with Gasteiger partial charge < -0.3 is 14.3 Å². The van der Waals surface area contributed by atoms with Gasteiger partial charge in [0.1, 0.15) is 5.52 Å². The summed E-state index contributed by atoms with van der Waals surface area (Å²) >= 11 is 1.82. The number of rotatable bonds is 4. The van der Waals surface area contributed by atoms with Gasteiger partial charge in [-0.25, -0.2) is 0 Å². The van der Waals surface area contributed by atoms with Crippen LogP contribution < -0.4 is 9.30 Å². The number of ether oxygens (including phenoxy) is 1. The molecule has 4 nitrogen and oxygen atoms in total. The standard InChI is InChI=1S/C35H21N3OS.Pd/c1-37-20-8-14-28-27-17-18-32-33(29-13-2-3-16-31(29)40-32)34(27)38(35(28)37)24-10-7-12-26(22-24)39-25-11-6-9-23(21-25)30-15-4-5-19-36-30;/h2-20H,1H2;/q-2;. The van der Waals surface area contributed by atoms with E-state index in [1.54, 1.807) is 6.20 Å². The van der Waals surface area contributed by atoms with E-state index >= 15 is 0 Å². The summed E-state index contributed by atoms with van der Waals surface area (Å²) in [6.07, 6.45) is 3.77. The average Bonchev–Trinajstić information content (AvgIpc) is 3.54. The Bertz CT molecular complexity index is 2220. The van der Waals surface area contributed by atoms with E-state index in [9.17, 15) is 0 Å². The molecule has 0 amide bonds. The molecule has 0 aliphatic heterocycles. The first-order chi connectivity index (χ1) is 19.7. The first kappa shape index (κ1) is 25.5. The monoisotopic (exact) mass is 637 g/mol. The number of aromatic nitrogens is 3. The van der Waals surface area contributed by atoms with E-state index < -0.39 is 0 Å². The fourth-order valence-electron chi connectivity index (χ4n) is 5.51. The van der Waals surface area contributed by atoms with E-state index in [0.29, 0.717) is 11.5 Å². The maximum absolute atomic E-state index is 6.30. The number of nitrogens with zero attached hydrogens (tertiary/aromatic N) is 3. The zero-order valence-electron chi connectivity index (χ0n) is 21.7. The molecular weight excluding hydrogens is 617 g/mol. The molecule has 0 atom stereocenters. The molecule has 0 bridgehead atoms. The normalized spacial score (nSPS) is 11.3. The largest absolute Gasteiger partial charge is 0.503 e. The number of pyridine rings is 2. The number of benzene rings is 4. The van der Waals surface area contributed by atoms with E-state index in [2.05, 4.69) is 77.3 Å². The molecule has 0 saturated heterocycles. The molecule has 0 spiro atoms. The second-order valence-electron chi connectivity index (χ2n) is 9.63. The van der Waals surface area contributed by atoms with Crippen LogP contribution in [0.1, 0.15) is 0 Å². The van der Waals surface area contributed by atoms with Gasteiger partial charge in [-0.1, -0.05) is 54.6 Å². The first-order valence-electron chi connectivity index (χ1n) is 13.0. The summed E-state index contributed by atoms with van der Waals surface area (Å²) in [6.45, 7) is 0. The maximum Gasteiger partial charge on any atom is 0.190 e. The number of thiophene rings is 1. The molecular formula is C35H21N3OPdS-2. The molecule has 200 valence electrons. The zero-order valence-corrected chi connectivity index (χ0v) is 24.0. The summed E-state index contributed by atoms with van der Waals surface area (Å²) < 4.78 is 13.0. The molecule has 8 aromatic rings. The predicted octanol–water partition coefficient (Wildman–Crippen LogP) is 8.53. The Morgan fingerprint density at radius 1 is 0.732 bits per heavy atom. The Kier molecular flexibility index (Phi) is 6.33. The van der Waals surface area contributed by atoms with Gasteiger partial charge in [-0.2, -0.15) is 6.07 Å². The second kappa shape index (κ2) is 10.2. The molecule has 4 heterocycles. The minimum absolute atomic E-state index is 0. The summed E-state index contributed by atoms with van der Waals surface area (Å²) in [5.41, 5.74) is 4.75. The van der Waals surface area contributed by atoms with Crippen LogP contribution in [-0.2, 0) is 20.4 Å². The molecule has 0 radical (unpaired) electrons. The molecule has 6 heteroatoms. The topological polar surface area (TPSA) is 30.9 Å². The van der Waals surface area contributed by atoms with Crippen LogP contribution in [-0.4, -0.2) is 9.55 Å².